The van der Waals surface area contributed by atoms with Crippen LogP contribution in [-0.4, -0.2) is 41.2 Å². The molecule has 0 aliphatic carbocycles. The van der Waals surface area contributed by atoms with Crippen LogP contribution in [0.15, 0.2) is 11.3 Å². The minimum atomic E-state index is -0.278. The molecule has 0 spiro atoms. The van der Waals surface area contributed by atoms with Crippen molar-refractivity contribution in [2.45, 2.75) is 98.9 Å². The molecule has 1 rings (SSSR count). The lowest BCUT2D eigenvalue weighted by Crippen LogP contribution is -2.43. The molecular formula is C21H44N3O4+. The van der Waals surface area contributed by atoms with Gasteiger partial charge in [-0.2, -0.15) is 0 Å². The van der Waals surface area contributed by atoms with Crippen LogP contribution in [0.3, 0.4) is 0 Å². The van der Waals surface area contributed by atoms with E-state index in [1.54, 1.807) is 13.8 Å². The second-order valence-electron chi connectivity index (χ2n) is 7.65. The highest BCUT2D eigenvalue weighted by Gasteiger charge is 2.30. The summed E-state index contributed by atoms with van der Waals surface area (Å²) in [7, 11) is 0. The van der Waals surface area contributed by atoms with Crippen molar-refractivity contribution in [1.29, 1.82) is 0 Å². The van der Waals surface area contributed by atoms with E-state index in [4.69, 9.17) is 27.0 Å². The molecule has 7 nitrogen and oxygen atoms in total. The van der Waals surface area contributed by atoms with Gasteiger partial charge in [0.15, 0.2) is 5.78 Å². The summed E-state index contributed by atoms with van der Waals surface area (Å²) < 4.78 is 4.95. The largest absolute Gasteiger partial charge is 1.00 e. The maximum absolute atomic E-state index is 10.7. The fourth-order valence-corrected chi connectivity index (χ4v) is 2.31. The Morgan fingerprint density at radius 3 is 2.04 bits per heavy atom. The van der Waals surface area contributed by atoms with Gasteiger partial charge in [0.2, 0.25) is 0 Å². The van der Waals surface area contributed by atoms with E-state index in [1.807, 2.05) is 34.6 Å². The number of esters is 1. The third-order valence-corrected chi connectivity index (χ3v) is 5.43. The van der Waals surface area contributed by atoms with E-state index in [9.17, 15) is 9.59 Å². The standard InChI is InChI=1S/C7H13NO2.C7H17NO.C7H13NO/c1-4-5(2)10-7(9)3-6(4)8;2*1-4-7(8)5(2)6(3)9/h4-6H,3,8H2,1-2H3;5-7,9H,4,8H2,1-3H3;4,8H2,1-3H3/p+1/b;;7-5-/t4-,5+,6-;;/m1../s1. The maximum atomic E-state index is 10.7. The summed E-state index contributed by atoms with van der Waals surface area (Å²) in [6, 6.07) is 0.126. The van der Waals surface area contributed by atoms with Crippen molar-refractivity contribution >= 4 is 11.8 Å². The van der Waals surface area contributed by atoms with Gasteiger partial charge < -0.3 is 27.0 Å². The summed E-state index contributed by atoms with van der Waals surface area (Å²) in [6.45, 7) is 14.9. The Labute approximate surface area is 172 Å². The zero-order chi connectivity index (χ0) is 22.6. The van der Waals surface area contributed by atoms with E-state index >= 15 is 0 Å². The van der Waals surface area contributed by atoms with Gasteiger partial charge in [0.25, 0.3) is 0 Å². The molecule has 7 N–H and O–H groups in total. The molecule has 1 aliphatic heterocycles. The highest BCUT2D eigenvalue weighted by atomic mass is 16.5. The molecule has 1 aliphatic rings. The van der Waals surface area contributed by atoms with Crippen molar-refractivity contribution in [3.63, 3.8) is 0 Å². The minimum absolute atomic E-state index is 0. The van der Waals surface area contributed by atoms with Crippen LogP contribution in [0.25, 0.3) is 0 Å². The lowest BCUT2D eigenvalue weighted by molar-refractivity contribution is -0.157. The molecule has 166 valence electrons. The van der Waals surface area contributed by atoms with Crippen LogP contribution in [0.5, 0.6) is 0 Å². The van der Waals surface area contributed by atoms with Crippen LogP contribution < -0.4 is 17.2 Å². The summed E-state index contributed by atoms with van der Waals surface area (Å²) in [5, 5.41) is 9.04. The van der Waals surface area contributed by atoms with Crippen molar-refractivity contribution in [2.24, 2.45) is 29.0 Å². The first-order valence-corrected chi connectivity index (χ1v) is 10.1. The average Bonchev–Trinajstić information content (AvgIpc) is 2.64. The number of hydrogen-bond donors (Lipinski definition) is 4. The van der Waals surface area contributed by atoms with Gasteiger partial charge in [-0.05, 0) is 46.5 Å². The Morgan fingerprint density at radius 2 is 1.79 bits per heavy atom. The van der Waals surface area contributed by atoms with Crippen molar-refractivity contribution in [3.05, 3.63) is 11.3 Å². The Balaban J connectivity index is -0.000000345. The number of rotatable bonds is 5. The Bertz CT molecular complexity index is 498. The molecule has 0 bridgehead atoms. The van der Waals surface area contributed by atoms with Crippen molar-refractivity contribution in [3.8, 4) is 0 Å². The number of nitrogens with two attached hydrogens (primary N) is 3. The zero-order valence-corrected chi connectivity index (χ0v) is 19.0. The Kier molecular flexibility index (Phi) is 14.9. The molecule has 0 amide bonds. The van der Waals surface area contributed by atoms with Gasteiger partial charge in [-0.3, -0.25) is 9.59 Å². The van der Waals surface area contributed by atoms with Crippen molar-refractivity contribution < 1.29 is 20.9 Å². The minimum Gasteiger partial charge on any atom is -0.462 e. The molecule has 3 unspecified atom stereocenters. The maximum Gasteiger partial charge on any atom is 1.00 e. The molecular weight excluding hydrogens is 358 g/mol. The number of cyclic esters (lactones) is 1. The summed E-state index contributed by atoms with van der Waals surface area (Å²) in [5.74, 6) is 0.403. The molecule has 0 aromatic carbocycles. The number of Topliss-reactive ketones (excluding diaryl/α,β-unsaturated/α-hetero) is 1. The van der Waals surface area contributed by atoms with Gasteiger partial charge in [-0.1, -0.05) is 27.7 Å². The quantitative estimate of drug-likeness (QED) is 0.408. The summed E-state index contributed by atoms with van der Waals surface area (Å²) >= 11 is 0. The number of aliphatic hydroxyl groups is 1. The van der Waals surface area contributed by atoms with Crippen LogP contribution in [0.2, 0.25) is 0 Å². The van der Waals surface area contributed by atoms with Gasteiger partial charge >= 0.3 is 7.40 Å². The monoisotopic (exact) mass is 402 g/mol. The number of carbonyl (C=O) groups excluding carboxylic acids is 2. The predicted molar refractivity (Wildman–Crippen MR) is 115 cm³/mol. The average molecular weight is 403 g/mol. The lowest BCUT2D eigenvalue weighted by atomic mass is 9.92. The second-order valence-corrected chi connectivity index (χ2v) is 7.65. The van der Waals surface area contributed by atoms with E-state index in [2.05, 4.69) is 0 Å². The first kappa shape index (κ1) is 28.8. The van der Waals surface area contributed by atoms with Crippen LogP contribution in [-0.2, 0) is 14.3 Å². The summed E-state index contributed by atoms with van der Waals surface area (Å²) in [6.07, 6.45) is 1.76. The molecule has 0 radical (unpaired) electrons. The fourth-order valence-electron chi connectivity index (χ4n) is 2.31. The second kappa shape index (κ2) is 14.5. The topological polar surface area (TPSA) is 142 Å². The first-order valence-electron chi connectivity index (χ1n) is 10.1. The molecule has 1 saturated heterocycles. The smallest absolute Gasteiger partial charge is 0.462 e. The van der Waals surface area contributed by atoms with E-state index < -0.39 is 0 Å². The number of hydrogen-bond acceptors (Lipinski definition) is 7. The third-order valence-electron chi connectivity index (χ3n) is 5.43. The summed E-state index contributed by atoms with van der Waals surface area (Å²) in [4.78, 5) is 21.3. The Hall–Kier alpha value is -1.44. The van der Waals surface area contributed by atoms with Gasteiger partial charge in [-0.15, -0.1) is 0 Å². The van der Waals surface area contributed by atoms with Gasteiger partial charge in [0, 0.05) is 29.3 Å². The zero-order valence-electron chi connectivity index (χ0n) is 20.0. The molecule has 28 heavy (non-hydrogen) atoms. The molecule has 7 heteroatoms. The number of ketones is 1. The van der Waals surface area contributed by atoms with Crippen molar-refractivity contribution in [2.75, 3.05) is 0 Å². The molecule has 1 heterocycles. The fraction of sp³-hybridized carbons (Fsp3) is 0.810. The SMILES string of the molecule is CC/C(N)=C(\C)C(C)=O.CCC(N)C(C)C(C)O.C[C@H]1[C@H](N)CC(=O)O[C@H]1C.[H+]. The summed E-state index contributed by atoms with van der Waals surface area (Å²) in [5.41, 5.74) is 18.2. The van der Waals surface area contributed by atoms with Crippen LogP contribution >= 0.6 is 0 Å². The molecule has 6 atom stereocenters. The Morgan fingerprint density at radius 1 is 1.29 bits per heavy atom. The van der Waals surface area contributed by atoms with Gasteiger partial charge in [0.1, 0.15) is 6.10 Å². The van der Waals surface area contributed by atoms with Gasteiger partial charge in [0.05, 0.1) is 12.5 Å². The highest BCUT2D eigenvalue weighted by molar-refractivity contribution is 5.93. The molecule has 0 aromatic rings. The van der Waals surface area contributed by atoms with Crippen LogP contribution in [0, 0.1) is 11.8 Å². The number of carbonyl (C=O) groups is 2. The van der Waals surface area contributed by atoms with Crippen LogP contribution in [0.4, 0.5) is 0 Å². The number of allylic oxidation sites excluding steroid dienone is 2. The third kappa shape index (κ3) is 11.4. The van der Waals surface area contributed by atoms with Crippen LogP contribution in [0.1, 0.15) is 76.1 Å². The van der Waals surface area contributed by atoms with E-state index in [0.717, 1.165) is 12.8 Å². The first-order chi connectivity index (χ1) is 12.8. The molecule has 1 fully saturated rings. The lowest BCUT2D eigenvalue weighted by Gasteiger charge is -2.30. The van der Waals surface area contributed by atoms with E-state index in [1.165, 1.54) is 6.92 Å². The normalized spacial score (nSPS) is 25.5. The predicted octanol–water partition coefficient (Wildman–Crippen LogP) is 2.36. The van der Waals surface area contributed by atoms with Gasteiger partial charge in [-0.25, -0.2) is 0 Å². The molecule has 0 saturated carbocycles. The van der Waals surface area contributed by atoms with E-state index in [-0.39, 0.29) is 49.3 Å². The molecule has 0 aromatic heterocycles. The number of ether oxygens (including phenoxy) is 1. The number of aliphatic hydroxyl groups excluding tert-OH is 1. The van der Waals surface area contributed by atoms with E-state index in [0.29, 0.717) is 17.7 Å². The highest BCUT2D eigenvalue weighted by Crippen LogP contribution is 2.19. The van der Waals surface area contributed by atoms with Crippen molar-refractivity contribution in [1.82, 2.24) is 0 Å².